The summed E-state index contributed by atoms with van der Waals surface area (Å²) in [5.74, 6) is 1.07. The molecule has 150 valence electrons. The molecule has 7 nitrogen and oxygen atoms in total. The van der Waals surface area contributed by atoms with Gasteiger partial charge in [0.2, 0.25) is 10.0 Å². The normalized spacial score (nSPS) is 14.6. The Hall–Kier alpha value is -2.58. The molecule has 1 fully saturated rings. The molecule has 8 heteroatoms. The van der Waals surface area contributed by atoms with Gasteiger partial charge in [-0.05, 0) is 49.2 Å². The Balaban J connectivity index is 1.67. The third kappa shape index (κ3) is 4.28. The predicted octanol–water partition coefficient (Wildman–Crippen LogP) is 2.78. The lowest BCUT2D eigenvalue weighted by Crippen LogP contribution is -2.27. The van der Waals surface area contributed by atoms with E-state index >= 15 is 0 Å². The first-order valence-corrected chi connectivity index (χ1v) is 10.5. The van der Waals surface area contributed by atoms with Crippen LogP contribution >= 0.6 is 0 Å². The monoisotopic (exact) mass is 404 g/mol. The molecule has 1 heterocycles. The van der Waals surface area contributed by atoms with Crippen molar-refractivity contribution in [2.75, 3.05) is 39.2 Å². The zero-order valence-electron chi connectivity index (χ0n) is 16.0. The van der Waals surface area contributed by atoms with Gasteiger partial charge in [0.15, 0.2) is 5.78 Å². The van der Waals surface area contributed by atoms with Crippen molar-refractivity contribution >= 4 is 21.5 Å². The van der Waals surface area contributed by atoms with Crippen LogP contribution in [0.3, 0.4) is 0 Å². The molecule has 3 rings (SSSR count). The van der Waals surface area contributed by atoms with Gasteiger partial charge in [0.25, 0.3) is 0 Å². The second kappa shape index (κ2) is 8.62. The van der Waals surface area contributed by atoms with Gasteiger partial charge in [-0.15, -0.1) is 0 Å². The fourth-order valence-corrected chi connectivity index (χ4v) is 4.63. The largest absolute Gasteiger partial charge is 0.497 e. The second-order valence-electron chi connectivity index (χ2n) is 6.48. The van der Waals surface area contributed by atoms with E-state index in [9.17, 15) is 13.2 Å². The molecule has 2 aromatic rings. The Kier molecular flexibility index (Phi) is 6.21. The quantitative estimate of drug-likeness (QED) is 0.681. The summed E-state index contributed by atoms with van der Waals surface area (Å²) in [4.78, 5) is 12.7. The number of nitrogens with one attached hydrogen (secondary N) is 1. The average Bonchev–Trinajstić information content (AvgIpc) is 3.27. The molecule has 2 aromatic carbocycles. The summed E-state index contributed by atoms with van der Waals surface area (Å²) in [7, 11) is -0.363. The molecule has 1 saturated heterocycles. The lowest BCUT2D eigenvalue weighted by atomic mass is 10.1. The molecule has 0 radical (unpaired) electrons. The molecule has 0 unspecified atom stereocenters. The summed E-state index contributed by atoms with van der Waals surface area (Å²) in [5, 5.41) is 3.05. The van der Waals surface area contributed by atoms with E-state index in [1.165, 1.54) is 16.4 Å². The first-order valence-electron chi connectivity index (χ1n) is 9.05. The van der Waals surface area contributed by atoms with E-state index in [-0.39, 0.29) is 17.2 Å². The van der Waals surface area contributed by atoms with Crippen molar-refractivity contribution in [1.29, 1.82) is 0 Å². The van der Waals surface area contributed by atoms with E-state index in [0.29, 0.717) is 35.8 Å². The van der Waals surface area contributed by atoms with Crippen molar-refractivity contribution in [3.8, 4) is 11.5 Å². The highest BCUT2D eigenvalue weighted by molar-refractivity contribution is 7.89. The van der Waals surface area contributed by atoms with Crippen LogP contribution in [-0.4, -0.2) is 52.4 Å². The first kappa shape index (κ1) is 20.2. The maximum absolute atomic E-state index is 12.6. The van der Waals surface area contributed by atoms with Gasteiger partial charge in [0.05, 0.1) is 31.3 Å². The molecule has 1 aliphatic rings. The summed E-state index contributed by atoms with van der Waals surface area (Å²) in [6.07, 6.45) is 1.77. The van der Waals surface area contributed by atoms with Crippen LogP contribution in [0.1, 0.15) is 23.2 Å². The Morgan fingerprint density at radius 3 is 2.32 bits per heavy atom. The van der Waals surface area contributed by atoms with Crippen molar-refractivity contribution in [3.05, 3.63) is 48.0 Å². The highest BCUT2D eigenvalue weighted by atomic mass is 32.2. The molecule has 0 bridgehead atoms. The van der Waals surface area contributed by atoms with Crippen molar-refractivity contribution < 1.29 is 22.7 Å². The lowest BCUT2D eigenvalue weighted by Gasteiger charge is -2.15. The highest BCUT2D eigenvalue weighted by Gasteiger charge is 2.27. The number of methoxy groups -OCH3 is 2. The van der Waals surface area contributed by atoms with E-state index in [1.807, 2.05) is 0 Å². The van der Waals surface area contributed by atoms with Crippen molar-refractivity contribution in [2.45, 2.75) is 17.7 Å². The van der Waals surface area contributed by atoms with Crippen LogP contribution in [-0.2, 0) is 10.0 Å². The van der Waals surface area contributed by atoms with Gasteiger partial charge in [0.1, 0.15) is 11.5 Å². The fraction of sp³-hybridized carbons (Fsp3) is 0.350. The molecule has 0 aliphatic carbocycles. The standard InChI is InChI=1S/C20H24N2O5S/c1-26-16-7-10-18(20(13-16)27-2)21-14-19(23)15-5-8-17(9-6-15)28(24,25)22-11-3-4-12-22/h5-10,13,21H,3-4,11-12,14H2,1-2H3. The number of carbonyl (C=O) groups excluding carboxylic acids is 1. The van der Waals surface area contributed by atoms with E-state index in [0.717, 1.165) is 12.8 Å². The minimum Gasteiger partial charge on any atom is -0.497 e. The number of nitrogens with zero attached hydrogens (tertiary/aromatic N) is 1. The number of Topliss-reactive ketones (excluding diaryl/α,β-unsaturated/α-hetero) is 1. The predicted molar refractivity (Wildman–Crippen MR) is 107 cm³/mol. The first-order chi connectivity index (χ1) is 13.5. The number of anilines is 1. The number of carbonyl (C=O) groups is 1. The van der Waals surface area contributed by atoms with Gasteiger partial charge in [-0.25, -0.2) is 8.42 Å². The smallest absolute Gasteiger partial charge is 0.243 e. The minimum absolute atomic E-state index is 0.0565. The lowest BCUT2D eigenvalue weighted by molar-refractivity contribution is 0.101. The van der Waals surface area contributed by atoms with E-state index < -0.39 is 10.0 Å². The minimum atomic E-state index is -3.47. The molecule has 0 spiro atoms. The van der Waals surface area contributed by atoms with Gasteiger partial charge < -0.3 is 14.8 Å². The summed E-state index contributed by atoms with van der Waals surface area (Å²) >= 11 is 0. The van der Waals surface area contributed by atoms with E-state index in [4.69, 9.17) is 9.47 Å². The number of ketones is 1. The van der Waals surface area contributed by atoms with Crippen LogP contribution in [0.4, 0.5) is 5.69 Å². The Bertz CT molecular complexity index is 936. The van der Waals surface area contributed by atoms with Gasteiger partial charge in [0, 0.05) is 24.7 Å². The summed E-state index contributed by atoms with van der Waals surface area (Å²) in [5.41, 5.74) is 1.12. The van der Waals surface area contributed by atoms with Gasteiger partial charge >= 0.3 is 0 Å². The maximum atomic E-state index is 12.6. The van der Waals surface area contributed by atoms with E-state index in [1.54, 1.807) is 44.6 Å². The molecular weight excluding hydrogens is 380 g/mol. The van der Waals surface area contributed by atoms with Crippen LogP contribution in [0, 0.1) is 0 Å². The van der Waals surface area contributed by atoms with Crippen LogP contribution < -0.4 is 14.8 Å². The van der Waals surface area contributed by atoms with E-state index in [2.05, 4.69) is 5.32 Å². The second-order valence-corrected chi connectivity index (χ2v) is 8.42. The number of hydrogen-bond donors (Lipinski definition) is 1. The average molecular weight is 404 g/mol. The Morgan fingerprint density at radius 2 is 1.71 bits per heavy atom. The van der Waals surface area contributed by atoms with Crippen LogP contribution in [0.5, 0.6) is 11.5 Å². The molecule has 28 heavy (non-hydrogen) atoms. The number of benzene rings is 2. The molecule has 1 N–H and O–H groups in total. The topological polar surface area (TPSA) is 84.9 Å². The molecule has 0 amide bonds. The number of sulfonamides is 1. The zero-order valence-corrected chi connectivity index (χ0v) is 16.8. The third-order valence-corrected chi connectivity index (χ3v) is 6.64. The number of rotatable bonds is 8. The third-order valence-electron chi connectivity index (χ3n) is 4.73. The zero-order chi connectivity index (χ0) is 20.1. The van der Waals surface area contributed by atoms with Gasteiger partial charge in [-0.3, -0.25) is 4.79 Å². The Morgan fingerprint density at radius 1 is 1.04 bits per heavy atom. The van der Waals surface area contributed by atoms with Crippen LogP contribution in [0.2, 0.25) is 0 Å². The highest BCUT2D eigenvalue weighted by Crippen LogP contribution is 2.29. The number of hydrogen-bond acceptors (Lipinski definition) is 6. The molecule has 0 atom stereocenters. The molecule has 0 saturated carbocycles. The Labute approximate surface area is 165 Å². The van der Waals surface area contributed by atoms with Crippen molar-refractivity contribution in [2.24, 2.45) is 0 Å². The van der Waals surface area contributed by atoms with Crippen molar-refractivity contribution in [1.82, 2.24) is 4.31 Å². The molecule has 0 aromatic heterocycles. The van der Waals surface area contributed by atoms with Crippen LogP contribution in [0.25, 0.3) is 0 Å². The van der Waals surface area contributed by atoms with Crippen LogP contribution in [0.15, 0.2) is 47.4 Å². The van der Waals surface area contributed by atoms with Gasteiger partial charge in [-0.1, -0.05) is 0 Å². The fourth-order valence-electron chi connectivity index (χ4n) is 3.11. The molecular formula is C20H24N2O5S. The maximum Gasteiger partial charge on any atom is 0.243 e. The summed E-state index contributed by atoms with van der Waals surface area (Å²) in [6, 6.07) is 11.4. The van der Waals surface area contributed by atoms with Crippen molar-refractivity contribution in [3.63, 3.8) is 0 Å². The molecule has 1 aliphatic heterocycles. The number of ether oxygens (including phenoxy) is 2. The van der Waals surface area contributed by atoms with Gasteiger partial charge in [-0.2, -0.15) is 4.31 Å². The summed E-state index contributed by atoms with van der Waals surface area (Å²) < 4.78 is 37.1. The summed E-state index contributed by atoms with van der Waals surface area (Å²) in [6.45, 7) is 1.16. The SMILES string of the molecule is COc1ccc(NCC(=O)c2ccc(S(=O)(=O)N3CCCC3)cc2)c(OC)c1.